The fourth-order valence-electron chi connectivity index (χ4n) is 0. The maximum absolute atomic E-state index is 7.00. The Morgan fingerprint density at radius 1 is 1.50 bits per heavy atom. The molecule has 0 amide bonds. The molecule has 0 aliphatic carbocycles. The molecule has 0 aromatic rings. The number of hydrogen-bond acceptors (Lipinski definition) is 2. The Kier molecular flexibility index (Phi) is 20.4. The Hall–Kier alpha value is 0.751. The standard InChI is InChI=1S/BH2O2.Mg.2H/c2-1-3;;;/h2-3H;;;/q;+2;2*-1. The first-order chi connectivity index (χ1) is 1.41. The third kappa shape index (κ3) is 15.0. The molecule has 0 fully saturated rings. The van der Waals surface area contributed by atoms with E-state index in [4.69, 9.17) is 10.0 Å². The van der Waals surface area contributed by atoms with E-state index in [0.717, 1.165) is 0 Å². The van der Waals surface area contributed by atoms with Crippen molar-refractivity contribution < 1.29 is 12.9 Å². The van der Waals surface area contributed by atoms with Crippen LogP contribution in [0.25, 0.3) is 0 Å². The van der Waals surface area contributed by atoms with Gasteiger partial charge in [0.1, 0.15) is 0 Å². The van der Waals surface area contributed by atoms with Gasteiger partial charge >= 0.3 is 30.7 Å². The zero-order chi connectivity index (χ0) is 2.71. The van der Waals surface area contributed by atoms with Crippen molar-refractivity contribution in [2.45, 2.75) is 0 Å². The summed E-state index contributed by atoms with van der Waals surface area (Å²) in [6, 6.07) is 0. The van der Waals surface area contributed by atoms with Crippen molar-refractivity contribution in [3.8, 4) is 0 Å². The number of rotatable bonds is 0. The number of hydrogen-bond donors (Lipinski definition) is 2. The molecule has 0 aromatic carbocycles. The van der Waals surface area contributed by atoms with E-state index in [-0.39, 0.29) is 33.6 Å². The summed E-state index contributed by atoms with van der Waals surface area (Å²) in [6.07, 6.45) is 0. The van der Waals surface area contributed by atoms with Gasteiger partial charge in [0, 0.05) is 0 Å². The largest absolute Gasteiger partial charge is 2.00 e. The van der Waals surface area contributed by atoms with Gasteiger partial charge in [-0.25, -0.2) is 0 Å². The zero-order valence-corrected chi connectivity index (χ0v) is 3.59. The summed E-state index contributed by atoms with van der Waals surface area (Å²) in [5, 5.41) is 14.0. The molecule has 4 heteroatoms. The van der Waals surface area contributed by atoms with Gasteiger partial charge in [0.2, 0.25) is 0 Å². The van der Waals surface area contributed by atoms with E-state index in [2.05, 4.69) is 0 Å². The molecule has 0 spiro atoms. The summed E-state index contributed by atoms with van der Waals surface area (Å²) >= 11 is 0. The Labute approximate surface area is 44.3 Å². The van der Waals surface area contributed by atoms with Gasteiger partial charge in [0.05, 0.1) is 0 Å². The molecular weight excluding hydrogens is 67.1 g/mol. The predicted molar refractivity (Wildman–Crippen MR) is 18.2 cm³/mol. The van der Waals surface area contributed by atoms with E-state index in [1.807, 2.05) is 0 Å². The fourth-order valence-corrected chi connectivity index (χ4v) is 0. The molecule has 0 rings (SSSR count). The quantitative estimate of drug-likeness (QED) is 0.336. The van der Waals surface area contributed by atoms with Crippen molar-refractivity contribution in [3.05, 3.63) is 0 Å². The van der Waals surface area contributed by atoms with Crippen LogP contribution in [0.4, 0.5) is 0 Å². The van der Waals surface area contributed by atoms with E-state index in [1.54, 1.807) is 0 Å². The SMILES string of the molecule is O[B]O.[H-].[H-].[Mg+2]. The third-order valence-corrected chi connectivity index (χ3v) is 0. The van der Waals surface area contributed by atoms with Crippen LogP contribution in [0.5, 0.6) is 0 Å². The van der Waals surface area contributed by atoms with Crippen molar-refractivity contribution in [2.24, 2.45) is 0 Å². The molecule has 0 aliphatic heterocycles. The van der Waals surface area contributed by atoms with Crippen LogP contribution < -0.4 is 0 Å². The van der Waals surface area contributed by atoms with Gasteiger partial charge in [-0.15, -0.1) is 0 Å². The molecule has 0 saturated carbocycles. The molecular formula is H4BMgO2. The summed E-state index contributed by atoms with van der Waals surface area (Å²) in [5.41, 5.74) is 0. The van der Waals surface area contributed by atoms with Gasteiger partial charge in [-0.1, -0.05) is 0 Å². The minimum atomic E-state index is 0. The first-order valence-electron chi connectivity index (χ1n) is 0.516. The average Bonchev–Trinajstić information content (AvgIpc) is 0.918. The van der Waals surface area contributed by atoms with E-state index >= 15 is 0 Å². The molecule has 0 unspecified atom stereocenters. The second-order valence-corrected chi connectivity index (χ2v) is 0.115. The minimum Gasteiger partial charge on any atom is -1.00 e. The smallest absolute Gasteiger partial charge is 1.00 e. The second kappa shape index (κ2) is 9.26. The van der Waals surface area contributed by atoms with E-state index in [1.165, 1.54) is 0 Å². The zero-order valence-electron chi connectivity index (χ0n) is 4.18. The normalized spacial score (nSPS) is 3.50. The van der Waals surface area contributed by atoms with Gasteiger partial charge in [0.25, 0.3) is 0 Å². The molecule has 0 heterocycles. The molecule has 21 valence electrons. The third-order valence-electron chi connectivity index (χ3n) is 0. The Balaban J connectivity index is -0.00000000667. The Morgan fingerprint density at radius 2 is 1.50 bits per heavy atom. The van der Waals surface area contributed by atoms with Crippen LogP contribution in [0, 0.1) is 0 Å². The van der Waals surface area contributed by atoms with Crippen molar-refractivity contribution in [2.75, 3.05) is 0 Å². The van der Waals surface area contributed by atoms with Crippen LogP contribution in [-0.4, -0.2) is 40.8 Å². The van der Waals surface area contributed by atoms with Crippen molar-refractivity contribution >= 4 is 30.7 Å². The van der Waals surface area contributed by atoms with Crippen LogP contribution in [0.3, 0.4) is 0 Å². The molecule has 0 aliphatic rings. The first kappa shape index (κ1) is 8.83. The molecule has 1 radical (unpaired) electrons. The molecule has 2 nitrogen and oxygen atoms in total. The molecule has 0 saturated heterocycles. The van der Waals surface area contributed by atoms with Crippen molar-refractivity contribution in [1.82, 2.24) is 0 Å². The molecule has 4 heavy (non-hydrogen) atoms. The molecule has 0 atom stereocenters. The van der Waals surface area contributed by atoms with Crippen LogP contribution in [0.1, 0.15) is 2.85 Å². The van der Waals surface area contributed by atoms with E-state index in [0.29, 0.717) is 0 Å². The minimum absolute atomic E-state index is 0. The summed E-state index contributed by atoms with van der Waals surface area (Å²) in [7, 11) is 0. The summed E-state index contributed by atoms with van der Waals surface area (Å²) < 4.78 is 0. The van der Waals surface area contributed by atoms with Gasteiger partial charge < -0.3 is 12.9 Å². The van der Waals surface area contributed by atoms with Crippen LogP contribution >= 0.6 is 0 Å². The van der Waals surface area contributed by atoms with Crippen molar-refractivity contribution in [1.29, 1.82) is 0 Å². The van der Waals surface area contributed by atoms with Gasteiger partial charge in [-0.2, -0.15) is 0 Å². The molecule has 0 aromatic heterocycles. The van der Waals surface area contributed by atoms with Gasteiger partial charge in [-0.05, 0) is 0 Å². The predicted octanol–water partition coefficient (Wildman–Crippen LogP) is -1.65. The van der Waals surface area contributed by atoms with E-state index < -0.39 is 0 Å². The summed E-state index contributed by atoms with van der Waals surface area (Å²) in [5.74, 6) is 0. The topological polar surface area (TPSA) is 40.5 Å². The Bertz CT molecular complexity index is 11.5. The first-order valence-corrected chi connectivity index (χ1v) is 0.516. The van der Waals surface area contributed by atoms with Crippen molar-refractivity contribution in [3.63, 3.8) is 0 Å². The van der Waals surface area contributed by atoms with E-state index in [9.17, 15) is 0 Å². The van der Waals surface area contributed by atoms with Gasteiger partial charge in [-0.3, -0.25) is 0 Å². The molecule has 2 N–H and O–H groups in total. The average molecular weight is 71.1 g/mol. The van der Waals surface area contributed by atoms with Gasteiger partial charge in [0.15, 0.2) is 0 Å². The molecule has 0 bridgehead atoms. The fraction of sp³-hybridized carbons (Fsp3) is 0. The maximum atomic E-state index is 7.00. The summed E-state index contributed by atoms with van der Waals surface area (Å²) in [6.45, 7) is 0. The van der Waals surface area contributed by atoms with Crippen LogP contribution in [0.2, 0.25) is 0 Å². The second-order valence-electron chi connectivity index (χ2n) is 0.115. The van der Waals surface area contributed by atoms with Crippen LogP contribution in [0.15, 0.2) is 0 Å². The summed E-state index contributed by atoms with van der Waals surface area (Å²) in [4.78, 5) is 0. The van der Waals surface area contributed by atoms with Crippen LogP contribution in [-0.2, 0) is 0 Å². The maximum Gasteiger partial charge on any atom is 2.00 e. The monoisotopic (exact) mass is 71.0 g/mol. The Morgan fingerprint density at radius 3 is 1.50 bits per heavy atom.